The zero-order chi connectivity index (χ0) is 20.6. The van der Waals surface area contributed by atoms with E-state index in [-0.39, 0.29) is 5.91 Å². The zero-order valence-corrected chi connectivity index (χ0v) is 17.0. The summed E-state index contributed by atoms with van der Waals surface area (Å²) in [6, 6.07) is 17.4. The van der Waals surface area contributed by atoms with Crippen molar-refractivity contribution >= 4 is 12.1 Å². The molecule has 0 bridgehead atoms. The van der Waals surface area contributed by atoms with Crippen LogP contribution in [0.3, 0.4) is 0 Å². The van der Waals surface area contributed by atoms with Crippen LogP contribution in [0, 0.1) is 5.92 Å². The summed E-state index contributed by atoms with van der Waals surface area (Å²) < 4.78 is 5.40. The molecule has 0 unspecified atom stereocenters. The molecule has 0 saturated carbocycles. The second kappa shape index (κ2) is 9.68. The van der Waals surface area contributed by atoms with E-state index in [1.165, 1.54) is 5.56 Å². The van der Waals surface area contributed by atoms with E-state index in [9.17, 15) is 4.79 Å². The molecule has 150 valence electrons. The second-order valence-corrected chi connectivity index (χ2v) is 7.16. The lowest BCUT2D eigenvalue weighted by molar-refractivity contribution is 0.0950. The summed E-state index contributed by atoms with van der Waals surface area (Å²) in [5.41, 5.74) is 6.71. The Kier molecular flexibility index (Phi) is 6.79. The summed E-state index contributed by atoms with van der Waals surface area (Å²) in [6.07, 6.45) is 2.62. The van der Waals surface area contributed by atoms with Gasteiger partial charge in [0, 0.05) is 5.56 Å². The lowest BCUT2D eigenvalue weighted by Gasteiger charge is -2.05. The van der Waals surface area contributed by atoms with Gasteiger partial charge in [-0.2, -0.15) is 10.2 Å². The SMILES string of the molecule is CCOc1ccc(/C=N\NC(=O)c2cc(-c3ccc(CC(C)C)cc3)n[nH]2)cc1. The van der Waals surface area contributed by atoms with Crippen LogP contribution in [0.15, 0.2) is 59.7 Å². The van der Waals surface area contributed by atoms with Crippen LogP contribution in [0.1, 0.15) is 42.4 Å². The largest absolute Gasteiger partial charge is 0.494 e. The fraction of sp³-hybridized carbons (Fsp3) is 0.261. The molecule has 0 saturated heterocycles. The Bertz CT molecular complexity index is 957. The number of amides is 1. The smallest absolute Gasteiger partial charge is 0.289 e. The molecule has 0 aliphatic heterocycles. The Balaban J connectivity index is 1.58. The highest BCUT2D eigenvalue weighted by molar-refractivity contribution is 5.94. The number of hydrogen-bond acceptors (Lipinski definition) is 4. The highest BCUT2D eigenvalue weighted by atomic mass is 16.5. The van der Waals surface area contributed by atoms with Gasteiger partial charge in [0.15, 0.2) is 0 Å². The van der Waals surface area contributed by atoms with Crippen LogP contribution in [0.5, 0.6) is 5.75 Å². The van der Waals surface area contributed by atoms with Gasteiger partial charge in [0.2, 0.25) is 0 Å². The fourth-order valence-electron chi connectivity index (χ4n) is 2.91. The van der Waals surface area contributed by atoms with Crippen LogP contribution in [0.4, 0.5) is 0 Å². The number of nitrogens with one attached hydrogen (secondary N) is 2. The summed E-state index contributed by atoms with van der Waals surface area (Å²) in [7, 11) is 0. The molecule has 2 aromatic carbocycles. The highest BCUT2D eigenvalue weighted by Gasteiger charge is 2.10. The molecule has 0 atom stereocenters. The fourth-order valence-corrected chi connectivity index (χ4v) is 2.91. The van der Waals surface area contributed by atoms with Crippen LogP contribution in [-0.2, 0) is 6.42 Å². The summed E-state index contributed by atoms with van der Waals surface area (Å²) in [4.78, 5) is 12.3. The van der Waals surface area contributed by atoms with Gasteiger partial charge in [0.25, 0.3) is 5.91 Å². The van der Waals surface area contributed by atoms with Gasteiger partial charge < -0.3 is 4.74 Å². The van der Waals surface area contributed by atoms with Crippen LogP contribution in [0.25, 0.3) is 11.3 Å². The third-order valence-electron chi connectivity index (χ3n) is 4.29. The van der Waals surface area contributed by atoms with Crippen molar-refractivity contribution in [2.75, 3.05) is 6.61 Å². The summed E-state index contributed by atoms with van der Waals surface area (Å²) in [5.74, 6) is 1.07. The maximum absolute atomic E-state index is 12.3. The van der Waals surface area contributed by atoms with E-state index in [2.05, 4.69) is 46.7 Å². The molecule has 3 rings (SSSR count). The molecule has 0 aliphatic carbocycles. The minimum Gasteiger partial charge on any atom is -0.494 e. The van der Waals surface area contributed by atoms with Crippen molar-refractivity contribution in [3.63, 3.8) is 0 Å². The van der Waals surface area contributed by atoms with Crippen molar-refractivity contribution in [2.24, 2.45) is 11.0 Å². The van der Waals surface area contributed by atoms with Crippen LogP contribution in [-0.4, -0.2) is 28.9 Å². The first-order chi connectivity index (χ1) is 14.0. The topological polar surface area (TPSA) is 79.4 Å². The summed E-state index contributed by atoms with van der Waals surface area (Å²) >= 11 is 0. The number of nitrogens with zero attached hydrogens (tertiary/aromatic N) is 2. The number of carbonyl (C=O) groups excluding carboxylic acids is 1. The number of benzene rings is 2. The second-order valence-electron chi connectivity index (χ2n) is 7.16. The average Bonchev–Trinajstić information content (AvgIpc) is 3.20. The molecule has 1 aromatic heterocycles. The summed E-state index contributed by atoms with van der Waals surface area (Å²) in [6.45, 7) is 6.96. The Morgan fingerprint density at radius 3 is 2.55 bits per heavy atom. The molecule has 0 spiro atoms. The van der Waals surface area contributed by atoms with Crippen molar-refractivity contribution in [1.82, 2.24) is 15.6 Å². The van der Waals surface area contributed by atoms with Gasteiger partial charge in [0.05, 0.1) is 18.5 Å². The van der Waals surface area contributed by atoms with Crippen LogP contribution in [0.2, 0.25) is 0 Å². The van der Waals surface area contributed by atoms with Gasteiger partial charge in [-0.3, -0.25) is 9.89 Å². The van der Waals surface area contributed by atoms with Crippen LogP contribution >= 0.6 is 0 Å². The van der Waals surface area contributed by atoms with Gasteiger partial charge in [-0.1, -0.05) is 38.1 Å². The number of hydrazone groups is 1. The van der Waals surface area contributed by atoms with Crippen molar-refractivity contribution in [2.45, 2.75) is 27.2 Å². The van der Waals surface area contributed by atoms with Gasteiger partial charge in [-0.05, 0) is 60.7 Å². The lowest BCUT2D eigenvalue weighted by Crippen LogP contribution is -2.17. The average molecular weight is 390 g/mol. The molecule has 29 heavy (non-hydrogen) atoms. The molecular weight excluding hydrogens is 364 g/mol. The van der Waals surface area contributed by atoms with Crippen molar-refractivity contribution < 1.29 is 9.53 Å². The standard InChI is InChI=1S/C23H26N4O2/c1-4-29-20-11-7-18(8-12-20)15-24-27-23(28)22-14-21(25-26-22)19-9-5-17(6-10-19)13-16(2)3/h5-12,14-16H,4,13H2,1-3H3,(H,25,26)(H,27,28)/b24-15-. The first-order valence-electron chi connectivity index (χ1n) is 9.76. The zero-order valence-electron chi connectivity index (χ0n) is 17.0. The van der Waals surface area contributed by atoms with E-state index in [1.54, 1.807) is 12.3 Å². The first kappa shape index (κ1) is 20.3. The molecule has 6 heteroatoms. The molecule has 2 N–H and O–H groups in total. The minimum absolute atomic E-state index is 0.345. The van der Waals surface area contributed by atoms with E-state index < -0.39 is 0 Å². The Labute approximate surface area is 171 Å². The molecule has 1 amide bonds. The van der Waals surface area contributed by atoms with Gasteiger partial charge in [-0.25, -0.2) is 5.43 Å². The van der Waals surface area contributed by atoms with Gasteiger partial charge >= 0.3 is 0 Å². The Hall–Kier alpha value is -3.41. The highest BCUT2D eigenvalue weighted by Crippen LogP contribution is 2.19. The van der Waals surface area contributed by atoms with Crippen molar-refractivity contribution in [3.8, 4) is 17.0 Å². The number of rotatable bonds is 8. The number of aromatic amines is 1. The Morgan fingerprint density at radius 2 is 1.90 bits per heavy atom. The molecule has 3 aromatic rings. The predicted molar refractivity (Wildman–Crippen MR) is 115 cm³/mol. The van der Waals surface area contributed by atoms with Crippen LogP contribution < -0.4 is 10.2 Å². The first-order valence-corrected chi connectivity index (χ1v) is 9.76. The van der Waals surface area contributed by atoms with E-state index >= 15 is 0 Å². The maximum atomic E-state index is 12.3. The normalized spacial score (nSPS) is 11.2. The van der Waals surface area contributed by atoms with Crippen molar-refractivity contribution in [1.29, 1.82) is 0 Å². The molecule has 0 radical (unpaired) electrons. The molecule has 0 aliphatic rings. The van der Waals surface area contributed by atoms with E-state index in [0.29, 0.717) is 18.2 Å². The molecular formula is C23H26N4O2. The predicted octanol–water partition coefficient (Wildman–Crippen LogP) is 4.44. The molecule has 1 heterocycles. The number of carbonyl (C=O) groups is 1. The number of ether oxygens (including phenoxy) is 1. The third-order valence-corrected chi connectivity index (χ3v) is 4.29. The number of hydrogen-bond donors (Lipinski definition) is 2. The van der Waals surface area contributed by atoms with Gasteiger partial charge in [0.1, 0.15) is 11.4 Å². The Morgan fingerprint density at radius 1 is 1.17 bits per heavy atom. The summed E-state index contributed by atoms with van der Waals surface area (Å²) in [5, 5.41) is 11.0. The molecule has 0 fully saturated rings. The van der Waals surface area contributed by atoms with Gasteiger partial charge in [-0.15, -0.1) is 0 Å². The quantitative estimate of drug-likeness (QED) is 0.441. The lowest BCUT2D eigenvalue weighted by atomic mass is 10.0. The van der Waals surface area contributed by atoms with E-state index in [1.807, 2.05) is 43.3 Å². The molecule has 6 nitrogen and oxygen atoms in total. The van der Waals surface area contributed by atoms with E-state index in [4.69, 9.17) is 4.74 Å². The number of aromatic nitrogens is 2. The number of H-pyrrole nitrogens is 1. The third kappa shape index (κ3) is 5.78. The maximum Gasteiger partial charge on any atom is 0.289 e. The minimum atomic E-state index is -0.345. The van der Waals surface area contributed by atoms with E-state index in [0.717, 1.165) is 29.0 Å². The monoisotopic (exact) mass is 390 g/mol. The van der Waals surface area contributed by atoms with Crippen molar-refractivity contribution in [3.05, 3.63) is 71.4 Å².